The van der Waals surface area contributed by atoms with Crippen LogP contribution in [0.4, 0.5) is 14.6 Å². The standard InChI is InChI=1S/C28H27F2N5O2/c1-3-17-20(29)9-8-16-6-4-7-18(22(16)17)24-23(30)25-19(13-31-24)26(34-27(33-25)37-2)35-11-5-10-28(15-35)12-21(36)32-14-28/h4,6-9,13H,3,5,10-12,14-15H2,1-2H3,(H,32,36). The molecule has 9 heteroatoms. The van der Waals surface area contributed by atoms with Crippen molar-refractivity contribution in [2.24, 2.45) is 5.41 Å². The summed E-state index contributed by atoms with van der Waals surface area (Å²) in [5, 5.41) is 4.89. The Morgan fingerprint density at radius 1 is 1.19 bits per heavy atom. The Balaban J connectivity index is 1.52. The van der Waals surface area contributed by atoms with E-state index in [9.17, 15) is 9.18 Å². The molecule has 4 aromatic rings. The van der Waals surface area contributed by atoms with E-state index in [4.69, 9.17) is 4.74 Å². The van der Waals surface area contributed by atoms with E-state index in [1.165, 1.54) is 13.2 Å². The van der Waals surface area contributed by atoms with Crippen molar-refractivity contribution in [1.82, 2.24) is 20.3 Å². The molecule has 2 aromatic carbocycles. The van der Waals surface area contributed by atoms with Crippen molar-refractivity contribution in [2.75, 3.05) is 31.6 Å². The average molecular weight is 504 g/mol. The number of methoxy groups -OCH3 is 1. The maximum absolute atomic E-state index is 16.3. The molecule has 2 saturated heterocycles. The lowest BCUT2D eigenvalue weighted by molar-refractivity contribution is -0.119. The van der Waals surface area contributed by atoms with Crippen molar-refractivity contribution >= 4 is 33.4 Å². The first-order valence-electron chi connectivity index (χ1n) is 12.6. The van der Waals surface area contributed by atoms with Gasteiger partial charge in [0, 0.05) is 43.2 Å². The molecule has 2 aromatic heterocycles. The van der Waals surface area contributed by atoms with Gasteiger partial charge < -0.3 is 15.0 Å². The molecule has 0 radical (unpaired) electrons. The summed E-state index contributed by atoms with van der Waals surface area (Å²) in [6.45, 7) is 3.84. The molecular weight excluding hydrogens is 476 g/mol. The molecule has 2 aliphatic rings. The number of aromatic nitrogens is 3. The average Bonchev–Trinajstić information content (AvgIpc) is 3.27. The van der Waals surface area contributed by atoms with Crippen LogP contribution in [0.3, 0.4) is 0 Å². The van der Waals surface area contributed by atoms with Crippen molar-refractivity contribution < 1.29 is 18.3 Å². The highest BCUT2D eigenvalue weighted by molar-refractivity contribution is 6.00. The van der Waals surface area contributed by atoms with Gasteiger partial charge in [-0.3, -0.25) is 9.78 Å². The SMILES string of the molecule is CCc1c(F)ccc2cccc(-c3ncc4c(N5CCCC6(CNC(=O)C6)C5)nc(OC)nc4c3F)c12. The smallest absolute Gasteiger partial charge is 0.318 e. The highest BCUT2D eigenvalue weighted by Crippen LogP contribution is 2.41. The predicted octanol–water partition coefficient (Wildman–Crippen LogP) is 4.80. The number of benzene rings is 2. The maximum atomic E-state index is 16.3. The lowest BCUT2D eigenvalue weighted by Gasteiger charge is -2.40. The van der Waals surface area contributed by atoms with Crippen LogP contribution in [0.15, 0.2) is 36.5 Å². The molecule has 1 unspecified atom stereocenters. The predicted molar refractivity (Wildman–Crippen MR) is 138 cm³/mol. The van der Waals surface area contributed by atoms with E-state index in [2.05, 4.69) is 25.2 Å². The number of carbonyl (C=O) groups excluding carboxylic acids is 1. The Bertz CT molecular complexity index is 1560. The number of fused-ring (bicyclic) bond motifs is 2. The lowest BCUT2D eigenvalue weighted by atomic mass is 9.79. The largest absolute Gasteiger partial charge is 0.467 e. The number of anilines is 1. The van der Waals surface area contributed by atoms with Crippen molar-refractivity contribution in [3.63, 3.8) is 0 Å². The van der Waals surface area contributed by atoms with E-state index in [-0.39, 0.29) is 34.4 Å². The number of hydrogen-bond donors (Lipinski definition) is 1. The summed E-state index contributed by atoms with van der Waals surface area (Å²) >= 11 is 0. The molecule has 2 aliphatic heterocycles. The van der Waals surface area contributed by atoms with Crippen molar-refractivity contribution in [3.8, 4) is 17.3 Å². The Labute approximate surface area is 212 Å². The van der Waals surface area contributed by atoms with Crippen molar-refractivity contribution in [1.29, 1.82) is 0 Å². The second-order valence-corrected chi connectivity index (χ2v) is 9.98. The number of amides is 1. The number of hydrogen-bond acceptors (Lipinski definition) is 6. The fourth-order valence-electron chi connectivity index (χ4n) is 5.94. The minimum absolute atomic E-state index is 0.0528. The van der Waals surface area contributed by atoms with Gasteiger partial charge in [0.1, 0.15) is 22.8 Å². The molecule has 1 N–H and O–H groups in total. The molecule has 7 nitrogen and oxygen atoms in total. The number of ether oxygens (including phenoxy) is 1. The van der Waals surface area contributed by atoms with Gasteiger partial charge in [0.2, 0.25) is 5.91 Å². The van der Waals surface area contributed by atoms with Crippen LogP contribution in [-0.2, 0) is 11.2 Å². The molecule has 0 aliphatic carbocycles. The molecule has 6 rings (SSSR count). The normalized spacial score (nSPS) is 19.7. The first kappa shape index (κ1) is 23.5. The zero-order valence-electron chi connectivity index (χ0n) is 20.8. The Morgan fingerprint density at radius 3 is 2.81 bits per heavy atom. The Morgan fingerprint density at radius 2 is 2.05 bits per heavy atom. The molecule has 190 valence electrons. The van der Waals surface area contributed by atoms with Gasteiger partial charge >= 0.3 is 6.01 Å². The second-order valence-electron chi connectivity index (χ2n) is 9.98. The summed E-state index contributed by atoms with van der Waals surface area (Å²) in [4.78, 5) is 27.5. The summed E-state index contributed by atoms with van der Waals surface area (Å²) < 4.78 is 36.3. The van der Waals surface area contributed by atoms with Gasteiger partial charge in [0.15, 0.2) is 5.82 Å². The van der Waals surface area contributed by atoms with E-state index >= 15 is 4.39 Å². The number of pyridine rings is 1. The minimum Gasteiger partial charge on any atom is -0.467 e. The third-order valence-electron chi connectivity index (χ3n) is 7.69. The van der Waals surface area contributed by atoms with Crippen molar-refractivity contribution in [3.05, 3.63) is 53.7 Å². The zero-order valence-corrected chi connectivity index (χ0v) is 20.8. The van der Waals surface area contributed by atoms with E-state index < -0.39 is 5.82 Å². The summed E-state index contributed by atoms with van der Waals surface area (Å²) in [5.41, 5.74) is 1.06. The Hall–Kier alpha value is -3.88. The molecule has 0 saturated carbocycles. The molecule has 1 amide bonds. The van der Waals surface area contributed by atoms with Gasteiger partial charge in [-0.1, -0.05) is 31.2 Å². The molecule has 2 fully saturated rings. The number of piperidine rings is 1. The van der Waals surface area contributed by atoms with Gasteiger partial charge in [-0.05, 0) is 41.7 Å². The van der Waals surface area contributed by atoms with Crippen LogP contribution in [0.2, 0.25) is 0 Å². The number of nitrogens with zero attached hydrogens (tertiary/aromatic N) is 4. The topological polar surface area (TPSA) is 80.2 Å². The van der Waals surface area contributed by atoms with E-state index in [1.807, 2.05) is 19.1 Å². The summed E-state index contributed by atoms with van der Waals surface area (Å²) in [7, 11) is 1.45. The highest BCUT2D eigenvalue weighted by atomic mass is 19.1. The van der Waals surface area contributed by atoms with Gasteiger partial charge in [-0.25, -0.2) is 8.78 Å². The molecule has 37 heavy (non-hydrogen) atoms. The zero-order chi connectivity index (χ0) is 25.7. The fourth-order valence-corrected chi connectivity index (χ4v) is 5.94. The Kier molecular flexibility index (Phi) is 5.66. The van der Waals surface area contributed by atoms with Gasteiger partial charge in [0.25, 0.3) is 0 Å². The number of aryl methyl sites for hydroxylation is 1. The highest BCUT2D eigenvalue weighted by Gasteiger charge is 2.42. The van der Waals surface area contributed by atoms with Crippen molar-refractivity contribution in [2.45, 2.75) is 32.6 Å². The molecule has 1 atom stereocenters. The number of rotatable bonds is 4. The van der Waals surface area contributed by atoms with Gasteiger partial charge in [-0.2, -0.15) is 9.97 Å². The monoisotopic (exact) mass is 503 g/mol. The first-order valence-corrected chi connectivity index (χ1v) is 12.6. The third kappa shape index (κ3) is 3.84. The summed E-state index contributed by atoms with van der Waals surface area (Å²) in [6.07, 6.45) is 4.35. The maximum Gasteiger partial charge on any atom is 0.318 e. The van der Waals surface area contributed by atoms with E-state index in [1.54, 1.807) is 18.3 Å². The number of carbonyl (C=O) groups is 1. The molecule has 1 spiro atoms. The molecule has 0 bridgehead atoms. The van der Waals surface area contributed by atoms with E-state index in [0.29, 0.717) is 53.6 Å². The summed E-state index contributed by atoms with van der Waals surface area (Å²) in [6, 6.07) is 8.65. The van der Waals surface area contributed by atoms with Crippen LogP contribution >= 0.6 is 0 Å². The third-order valence-corrected chi connectivity index (χ3v) is 7.69. The molecular formula is C28H27F2N5O2. The van der Waals surface area contributed by atoms with Gasteiger partial charge in [-0.15, -0.1) is 0 Å². The fraction of sp³-hybridized carbons (Fsp3) is 0.357. The van der Waals surface area contributed by atoms with Gasteiger partial charge in [0.05, 0.1) is 12.5 Å². The number of halogens is 2. The van der Waals surface area contributed by atoms with Crippen LogP contribution in [-0.4, -0.2) is 47.6 Å². The second kappa shape index (κ2) is 8.90. The van der Waals surface area contributed by atoms with Crippen LogP contribution in [0, 0.1) is 17.0 Å². The molecule has 4 heterocycles. The van der Waals surface area contributed by atoms with Crippen LogP contribution in [0.1, 0.15) is 31.7 Å². The lowest BCUT2D eigenvalue weighted by Crippen LogP contribution is -2.45. The van der Waals surface area contributed by atoms with Crippen LogP contribution < -0.4 is 15.0 Å². The first-order chi connectivity index (χ1) is 17.9. The van der Waals surface area contributed by atoms with Crippen LogP contribution in [0.5, 0.6) is 6.01 Å². The number of nitrogens with one attached hydrogen (secondary N) is 1. The minimum atomic E-state index is -0.609. The van der Waals surface area contributed by atoms with Crippen LogP contribution in [0.25, 0.3) is 32.9 Å². The quantitative estimate of drug-likeness (QED) is 0.431. The summed E-state index contributed by atoms with van der Waals surface area (Å²) in [5.74, 6) is -0.338. The van der Waals surface area contributed by atoms with E-state index in [0.717, 1.165) is 24.8 Å².